The lowest BCUT2D eigenvalue weighted by Crippen LogP contribution is -2.32. The molecule has 0 atom stereocenters. The second-order valence-corrected chi connectivity index (χ2v) is 6.07. The van der Waals surface area contributed by atoms with Crippen molar-refractivity contribution in [1.29, 1.82) is 5.26 Å². The van der Waals surface area contributed by atoms with Crippen molar-refractivity contribution in [2.75, 3.05) is 36.0 Å². The zero-order chi connectivity index (χ0) is 17.2. The Morgan fingerprint density at radius 3 is 2.68 bits per heavy atom. The Morgan fingerprint density at radius 2 is 1.88 bits per heavy atom. The first kappa shape index (κ1) is 15.3. The molecule has 126 valence electrons. The van der Waals surface area contributed by atoms with Crippen LogP contribution in [0.2, 0.25) is 0 Å². The lowest BCUT2D eigenvalue weighted by Gasteiger charge is -2.24. The first-order chi connectivity index (χ1) is 12.2. The van der Waals surface area contributed by atoms with Crippen LogP contribution in [0.25, 0.3) is 5.65 Å². The summed E-state index contributed by atoms with van der Waals surface area (Å²) < 4.78 is 1.89. The van der Waals surface area contributed by atoms with Gasteiger partial charge in [-0.3, -0.25) is 0 Å². The van der Waals surface area contributed by atoms with Crippen LogP contribution in [0.15, 0.2) is 30.5 Å². The van der Waals surface area contributed by atoms with Crippen LogP contribution in [0, 0.1) is 18.3 Å². The van der Waals surface area contributed by atoms with Crippen molar-refractivity contribution in [3.8, 4) is 6.07 Å². The largest absolute Gasteiger partial charge is 0.355 e. The standard InChI is InChI=1S/C17H18N8/c1-13-11-17(25-15(20-13)5-6-19-25)24-8-2-7-23(9-10-24)16-4-3-14(12-18)21-22-16/h3-6,11H,2,7-10H2,1H3. The lowest BCUT2D eigenvalue weighted by atomic mass is 10.3. The Labute approximate surface area is 145 Å². The minimum Gasteiger partial charge on any atom is -0.355 e. The van der Waals surface area contributed by atoms with E-state index in [1.165, 1.54) is 0 Å². The van der Waals surface area contributed by atoms with Gasteiger partial charge in [0, 0.05) is 44.0 Å². The topological polar surface area (TPSA) is 86.2 Å². The quantitative estimate of drug-likeness (QED) is 0.700. The van der Waals surface area contributed by atoms with Gasteiger partial charge in [0.2, 0.25) is 0 Å². The molecule has 1 saturated heterocycles. The van der Waals surface area contributed by atoms with Gasteiger partial charge in [-0.25, -0.2) is 4.98 Å². The monoisotopic (exact) mass is 334 g/mol. The number of fused-ring (bicyclic) bond motifs is 1. The molecule has 8 heteroatoms. The van der Waals surface area contributed by atoms with Gasteiger partial charge in [0.15, 0.2) is 17.2 Å². The highest BCUT2D eigenvalue weighted by molar-refractivity contribution is 5.51. The Morgan fingerprint density at radius 1 is 1.04 bits per heavy atom. The molecule has 1 aliphatic heterocycles. The highest BCUT2D eigenvalue weighted by Crippen LogP contribution is 2.20. The summed E-state index contributed by atoms with van der Waals surface area (Å²) in [5, 5.41) is 21.4. The maximum Gasteiger partial charge on any atom is 0.163 e. The van der Waals surface area contributed by atoms with Gasteiger partial charge in [0.25, 0.3) is 0 Å². The second kappa shape index (κ2) is 6.36. The maximum absolute atomic E-state index is 8.85. The first-order valence-corrected chi connectivity index (χ1v) is 8.30. The van der Waals surface area contributed by atoms with Crippen LogP contribution in [0.1, 0.15) is 17.8 Å². The van der Waals surface area contributed by atoms with Crippen molar-refractivity contribution in [2.24, 2.45) is 0 Å². The Hall–Kier alpha value is -3.21. The van der Waals surface area contributed by atoms with Crippen molar-refractivity contribution in [3.05, 3.63) is 41.9 Å². The van der Waals surface area contributed by atoms with Crippen molar-refractivity contribution >= 4 is 17.3 Å². The highest BCUT2D eigenvalue weighted by atomic mass is 15.4. The summed E-state index contributed by atoms with van der Waals surface area (Å²) in [7, 11) is 0. The summed E-state index contributed by atoms with van der Waals surface area (Å²) in [6.07, 6.45) is 2.79. The molecule has 0 amide bonds. The average molecular weight is 334 g/mol. The summed E-state index contributed by atoms with van der Waals surface area (Å²) in [5.41, 5.74) is 2.20. The predicted molar refractivity (Wildman–Crippen MR) is 93.5 cm³/mol. The van der Waals surface area contributed by atoms with Crippen molar-refractivity contribution in [2.45, 2.75) is 13.3 Å². The number of anilines is 2. The molecule has 0 N–H and O–H groups in total. The Kier molecular flexibility index (Phi) is 3.90. The Bertz CT molecular complexity index is 924. The van der Waals surface area contributed by atoms with E-state index in [9.17, 15) is 0 Å². The van der Waals surface area contributed by atoms with E-state index < -0.39 is 0 Å². The lowest BCUT2D eigenvalue weighted by molar-refractivity contribution is 0.767. The molecule has 3 aromatic rings. The molecule has 1 fully saturated rings. The number of hydrogen-bond donors (Lipinski definition) is 0. The van der Waals surface area contributed by atoms with Gasteiger partial charge in [-0.1, -0.05) is 0 Å². The number of hydrogen-bond acceptors (Lipinski definition) is 7. The highest BCUT2D eigenvalue weighted by Gasteiger charge is 2.19. The fourth-order valence-electron chi connectivity index (χ4n) is 3.17. The van der Waals surface area contributed by atoms with E-state index in [0.29, 0.717) is 5.69 Å². The van der Waals surface area contributed by atoms with E-state index in [1.54, 1.807) is 12.3 Å². The van der Waals surface area contributed by atoms with E-state index in [-0.39, 0.29) is 0 Å². The third-order valence-electron chi connectivity index (χ3n) is 4.38. The van der Waals surface area contributed by atoms with Crippen LogP contribution in [0.3, 0.4) is 0 Å². The summed E-state index contributed by atoms with van der Waals surface area (Å²) in [4.78, 5) is 9.06. The second-order valence-electron chi connectivity index (χ2n) is 6.07. The fraction of sp³-hybridized carbons (Fsp3) is 0.353. The van der Waals surface area contributed by atoms with Gasteiger partial charge >= 0.3 is 0 Å². The summed E-state index contributed by atoms with van der Waals surface area (Å²) in [6, 6.07) is 9.58. The number of nitrogens with zero attached hydrogens (tertiary/aromatic N) is 8. The summed E-state index contributed by atoms with van der Waals surface area (Å²) in [6.45, 7) is 5.56. The molecule has 3 aromatic heterocycles. The number of rotatable bonds is 2. The van der Waals surface area contributed by atoms with Crippen LogP contribution in [-0.2, 0) is 0 Å². The minimum absolute atomic E-state index is 0.341. The van der Waals surface area contributed by atoms with Crippen molar-refractivity contribution in [1.82, 2.24) is 24.8 Å². The smallest absolute Gasteiger partial charge is 0.163 e. The molecule has 0 radical (unpaired) electrons. The number of aromatic nitrogens is 5. The third kappa shape index (κ3) is 2.96. The normalized spacial score (nSPS) is 15.2. The van der Waals surface area contributed by atoms with E-state index in [1.807, 2.05) is 29.6 Å². The maximum atomic E-state index is 8.85. The molecule has 0 aliphatic carbocycles. The van der Waals surface area contributed by atoms with Crippen LogP contribution >= 0.6 is 0 Å². The van der Waals surface area contributed by atoms with Crippen LogP contribution in [0.4, 0.5) is 11.6 Å². The summed E-state index contributed by atoms with van der Waals surface area (Å²) >= 11 is 0. The molecule has 0 unspecified atom stereocenters. The fourth-order valence-corrected chi connectivity index (χ4v) is 3.17. The molecular formula is C17H18N8. The van der Waals surface area contributed by atoms with E-state index in [4.69, 9.17) is 5.26 Å². The van der Waals surface area contributed by atoms with Crippen LogP contribution in [-0.4, -0.2) is 51.0 Å². The molecule has 0 bridgehead atoms. The molecule has 4 heterocycles. The van der Waals surface area contributed by atoms with Gasteiger partial charge in [-0.2, -0.15) is 14.9 Å². The van der Waals surface area contributed by atoms with Gasteiger partial charge < -0.3 is 9.80 Å². The van der Waals surface area contributed by atoms with Gasteiger partial charge in [0.05, 0.1) is 6.20 Å². The molecule has 8 nitrogen and oxygen atoms in total. The average Bonchev–Trinajstić information content (AvgIpc) is 2.96. The first-order valence-electron chi connectivity index (χ1n) is 8.30. The molecule has 1 aliphatic rings. The molecule has 0 aromatic carbocycles. The molecule has 0 saturated carbocycles. The van der Waals surface area contributed by atoms with Crippen LogP contribution < -0.4 is 9.80 Å². The predicted octanol–water partition coefficient (Wildman–Crippen LogP) is 1.42. The van der Waals surface area contributed by atoms with Gasteiger partial charge in [0.1, 0.15) is 11.9 Å². The molecule has 0 spiro atoms. The van der Waals surface area contributed by atoms with Gasteiger partial charge in [-0.05, 0) is 25.5 Å². The number of aryl methyl sites for hydroxylation is 1. The minimum atomic E-state index is 0.341. The van der Waals surface area contributed by atoms with Crippen molar-refractivity contribution in [3.63, 3.8) is 0 Å². The molecule has 25 heavy (non-hydrogen) atoms. The third-order valence-corrected chi connectivity index (χ3v) is 4.38. The molecule has 4 rings (SSSR count). The van der Waals surface area contributed by atoms with E-state index in [2.05, 4.69) is 36.1 Å². The van der Waals surface area contributed by atoms with Crippen molar-refractivity contribution < 1.29 is 0 Å². The Balaban J connectivity index is 1.56. The van der Waals surface area contributed by atoms with Crippen LogP contribution in [0.5, 0.6) is 0 Å². The van der Waals surface area contributed by atoms with E-state index in [0.717, 1.165) is 55.6 Å². The zero-order valence-corrected chi connectivity index (χ0v) is 14.0. The van der Waals surface area contributed by atoms with E-state index >= 15 is 0 Å². The number of nitriles is 1. The SMILES string of the molecule is Cc1cc(N2CCCN(c3ccc(C#N)nn3)CC2)n2nccc2n1. The molecular weight excluding hydrogens is 316 g/mol. The van der Waals surface area contributed by atoms with Gasteiger partial charge in [-0.15, -0.1) is 10.2 Å². The zero-order valence-electron chi connectivity index (χ0n) is 14.0. The summed E-state index contributed by atoms with van der Waals surface area (Å²) in [5.74, 6) is 1.89.